The molecule has 5 heteroatoms. The van der Waals surface area contributed by atoms with Crippen LogP contribution in [0.15, 0.2) is 53.7 Å². The first-order valence-electron chi connectivity index (χ1n) is 9.91. The number of carbonyl (C=O) groups is 2. The van der Waals surface area contributed by atoms with E-state index < -0.39 is 0 Å². The van der Waals surface area contributed by atoms with Gasteiger partial charge in [-0.05, 0) is 50.1 Å². The van der Waals surface area contributed by atoms with Crippen LogP contribution in [0.25, 0.3) is 0 Å². The number of amides is 1. The van der Waals surface area contributed by atoms with Crippen LogP contribution in [-0.2, 0) is 9.59 Å². The van der Waals surface area contributed by atoms with E-state index in [-0.39, 0.29) is 24.0 Å². The van der Waals surface area contributed by atoms with Crippen molar-refractivity contribution in [3.63, 3.8) is 0 Å². The van der Waals surface area contributed by atoms with Crippen molar-refractivity contribution in [1.82, 2.24) is 0 Å². The number of rotatable bonds is 4. The van der Waals surface area contributed by atoms with Crippen molar-refractivity contribution in [2.45, 2.75) is 38.5 Å². The fourth-order valence-electron chi connectivity index (χ4n) is 4.36. The highest BCUT2D eigenvalue weighted by Gasteiger charge is 2.40. The zero-order chi connectivity index (χ0) is 20.5. The summed E-state index contributed by atoms with van der Waals surface area (Å²) in [6.45, 7) is 2.02. The highest BCUT2D eigenvalue weighted by atomic mass is 16.5. The lowest BCUT2D eigenvalue weighted by atomic mass is 9.76. The lowest BCUT2D eigenvalue weighted by Gasteiger charge is -2.38. The minimum absolute atomic E-state index is 0.00261. The number of ether oxygens (including phenoxy) is 2. The summed E-state index contributed by atoms with van der Waals surface area (Å²) < 4.78 is 10.9. The molecule has 29 heavy (non-hydrogen) atoms. The number of hydrogen-bond acceptors (Lipinski definition) is 4. The van der Waals surface area contributed by atoms with Gasteiger partial charge < -0.3 is 9.47 Å². The first-order valence-corrected chi connectivity index (χ1v) is 9.91. The number of allylic oxidation sites excluding steroid dienone is 2. The quantitative estimate of drug-likeness (QED) is 0.768. The minimum Gasteiger partial charge on any atom is -0.497 e. The largest absolute Gasteiger partial charge is 0.497 e. The van der Waals surface area contributed by atoms with Gasteiger partial charge in [-0.3, -0.25) is 14.5 Å². The summed E-state index contributed by atoms with van der Waals surface area (Å²) in [5, 5.41) is 0. The summed E-state index contributed by atoms with van der Waals surface area (Å²) in [7, 11) is 3.21. The molecular weight excluding hydrogens is 366 g/mol. The van der Waals surface area contributed by atoms with E-state index in [0.29, 0.717) is 24.3 Å². The molecule has 1 aliphatic heterocycles. The molecule has 0 spiro atoms. The van der Waals surface area contributed by atoms with E-state index in [9.17, 15) is 9.59 Å². The summed E-state index contributed by atoms with van der Waals surface area (Å²) in [5.74, 6) is 1.14. The standard InChI is InChI=1S/C24H25NO4/c1-15-7-9-16(10-8-15)25-20-5-4-6-21(26)24(20)19(14-23(25)27)18-13-17(28-2)11-12-22(18)29-3/h7-13,19H,4-6,14H2,1-3H3. The van der Waals surface area contributed by atoms with Crippen molar-refractivity contribution >= 4 is 17.4 Å². The Kier molecular flexibility index (Phi) is 5.14. The fourth-order valence-corrected chi connectivity index (χ4v) is 4.36. The maximum Gasteiger partial charge on any atom is 0.232 e. The van der Waals surface area contributed by atoms with Gasteiger partial charge in [0, 0.05) is 41.3 Å². The topological polar surface area (TPSA) is 55.8 Å². The third kappa shape index (κ3) is 3.41. The zero-order valence-electron chi connectivity index (χ0n) is 17.0. The molecule has 2 aromatic rings. The molecule has 1 aliphatic carbocycles. The van der Waals surface area contributed by atoms with Crippen LogP contribution in [0, 0.1) is 6.92 Å². The van der Waals surface area contributed by atoms with Gasteiger partial charge in [0.15, 0.2) is 5.78 Å². The molecule has 2 aliphatic rings. The monoisotopic (exact) mass is 391 g/mol. The van der Waals surface area contributed by atoms with E-state index in [1.165, 1.54) is 0 Å². The van der Waals surface area contributed by atoms with Gasteiger partial charge in [-0.25, -0.2) is 0 Å². The molecule has 1 amide bonds. The van der Waals surface area contributed by atoms with Crippen molar-refractivity contribution in [1.29, 1.82) is 0 Å². The minimum atomic E-state index is -0.322. The second kappa shape index (κ2) is 7.74. The normalized spacial score (nSPS) is 19.3. The maximum atomic E-state index is 13.3. The summed E-state index contributed by atoms with van der Waals surface area (Å²) >= 11 is 0. The average molecular weight is 391 g/mol. The number of aryl methyl sites for hydroxylation is 1. The van der Waals surface area contributed by atoms with Crippen LogP contribution < -0.4 is 14.4 Å². The molecule has 0 bridgehead atoms. The van der Waals surface area contributed by atoms with Crippen LogP contribution in [0.4, 0.5) is 5.69 Å². The fraction of sp³-hybridized carbons (Fsp3) is 0.333. The molecule has 0 fully saturated rings. The average Bonchev–Trinajstić information content (AvgIpc) is 2.73. The van der Waals surface area contributed by atoms with E-state index in [1.807, 2.05) is 49.4 Å². The number of anilines is 1. The van der Waals surface area contributed by atoms with Crippen molar-refractivity contribution in [2.24, 2.45) is 0 Å². The van der Waals surface area contributed by atoms with E-state index in [1.54, 1.807) is 19.1 Å². The number of methoxy groups -OCH3 is 2. The van der Waals surface area contributed by atoms with Crippen LogP contribution in [0.1, 0.15) is 42.7 Å². The Hall–Kier alpha value is -3.08. The lowest BCUT2D eigenvalue weighted by Crippen LogP contribution is -2.40. The van der Waals surface area contributed by atoms with Crippen LogP contribution in [0.5, 0.6) is 11.5 Å². The van der Waals surface area contributed by atoms with Crippen LogP contribution in [-0.4, -0.2) is 25.9 Å². The van der Waals surface area contributed by atoms with Crippen molar-refractivity contribution in [3.05, 3.63) is 64.9 Å². The molecule has 150 valence electrons. The molecule has 1 unspecified atom stereocenters. The molecule has 1 atom stereocenters. The van der Waals surface area contributed by atoms with E-state index in [0.717, 1.165) is 34.5 Å². The first-order chi connectivity index (χ1) is 14.0. The van der Waals surface area contributed by atoms with Crippen LogP contribution >= 0.6 is 0 Å². The second-order valence-corrected chi connectivity index (χ2v) is 7.57. The Labute approximate surface area is 170 Å². The summed E-state index contributed by atoms with van der Waals surface area (Å²) in [6, 6.07) is 13.4. The second-order valence-electron chi connectivity index (χ2n) is 7.57. The van der Waals surface area contributed by atoms with Gasteiger partial charge in [-0.2, -0.15) is 0 Å². The van der Waals surface area contributed by atoms with Gasteiger partial charge in [0.05, 0.1) is 14.2 Å². The third-order valence-corrected chi connectivity index (χ3v) is 5.78. The molecule has 0 N–H and O–H groups in total. The highest BCUT2D eigenvalue weighted by Crippen LogP contribution is 2.46. The van der Waals surface area contributed by atoms with Crippen LogP contribution in [0.2, 0.25) is 0 Å². The molecule has 0 saturated carbocycles. The van der Waals surface area contributed by atoms with Crippen LogP contribution in [0.3, 0.4) is 0 Å². The molecule has 0 aromatic heterocycles. The molecule has 4 rings (SSSR count). The first kappa shape index (κ1) is 19.2. The predicted molar refractivity (Wildman–Crippen MR) is 111 cm³/mol. The third-order valence-electron chi connectivity index (χ3n) is 5.78. The molecule has 1 heterocycles. The molecule has 2 aromatic carbocycles. The number of hydrogen-bond donors (Lipinski definition) is 0. The van der Waals surface area contributed by atoms with Crippen molar-refractivity contribution in [3.8, 4) is 11.5 Å². The van der Waals surface area contributed by atoms with Crippen molar-refractivity contribution in [2.75, 3.05) is 19.1 Å². The van der Waals surface area contributed by atoms with Crippen molar-refractivity contribution < 1.29 is 19.1 Å². The molecule has 0 radical (unpaired) electrons. The van der Waals surface area contributed by atoms with Gasteiger partial charge in [-0.1, -0.05) is 17.7 Å². The van der Waals surface area contributed by atoms with E-state index in [4.69, 9.17) is 9.47 Å². The number of ketones is 1. The van der Waals surface area contributed by atoms with Gasteiger partial charge in [0.25, 0.3) is 0 Å². The molecular formula is C24H25NO4. The smallest absolute Gasteiger partial charge is 0.232 e. The summed E-state index contributed by atoms with van der Waals surface area (Å²) in [5.41, 5.74) is 4.34. The predicted octanol–water partition coefficient (Wildman–Crippen LogP) is 4.54. The highest BCUT2D eigenvalue weighted by molar-refractivity contribution is 6.07. The van der Waals surface area contributed by atoms with E-state index >= 15 is 0 Å². The Morgan fingerprint density at radius 2 is 1.72 bits per heavy atom. The number of carbonyl (C=O) groups excluding carboxylic acids is 2. The SMILES string of the molecule is COc1ccc(OC)c(C2CC(=O)N(c3ccc(C)cc3)C3=C2C(=O)CCC3)c1. The molecule has 5 nitrogen and oxygen atoms in total. The Bertz CT molecular complexity index is 990. The van der Waals surface area contributed by atoms with E-state index in [2.05, 4.69) is 0 Å². The molecule has 0 saturated heterocycles. The Morgan fingerprint density at radius 1 is 0.966 bits per heavy atom. The van der Waals surface area contributed by atoms with Gasteiger partial charge in [0.2, 0.25) is 5.91 Å². The number of Topliss-reactive ketones (excluding diaryl/α,β-unsaturated/α-hetero) is 1. The van der Waals surface area contributed by atoms with Gasteiger partial charge in [0.1, 0.15) is 11.5 Å². The lowest BCUT2D eigenvalue weighted by molar-refractivity contribution is -0.119. The Balaban J connectivity index is 1.88. The number of nitrogens with zero attached hydrogens (tertiary/aromatic N) is 1. The number of benzene rings is 2. The zero-order valence-corrected chi connectivity index (χ0v) is 17.0. The maximum absolute atomic E-state index is 13.3. The summed E-state index contributed by atoms with van der Waals surface area (Å²) in [6.07, 6.45) is 2.21. The van der Waals surface area contributed by atoms with Gasteiger partial charge >= 0.3 is 0 Å². The van der Waals surface area contributed by atoms with Gasteiger partial charge in [-0.15, -0.1) is 0 Å². The summed E-state index contributed by atoms with van der Waals surface area (Å²) in [4.78, 5) is 28.1. The Morgan fingerprint density at radius 3 is 2.41 bits per heavy atom.